The number of nitrogens with zero attached hydrogens (tertiary/aromatic N) is 6. The monoisotopic (exact) mass is 601 g/mol. The number of benzene rings is 2. The van der Waals surface area contributed by atoms with E-state index in [-0.39, 0.29) is 24.5 Å². The number of ether oxygens (including phenoxy) is 1. The van der Waals surface area contributed by atoms with Crippen LogP contribution in [0.5, 0.6) is 5.75 Å². The first kappa shape index (κ1) is 29.1. The number of halogens is 3. The van der Waals surface area contributed by atoms with Gasteiger partial charge in [-0.3, -0.25) is 4.79 Å². The average molecular weight is 602 g/mol. The minimum absolute atomic E-state index is 0.0374. The quantitative estimate of drug-likeness (QED) is 0.288. The Kier molecular flexibility index (Phi) is 8.49. The highest BCUT2D eigenvalue weighted by Crippen LogP contribution is 2.28. The number of hydrogen-bond acceptors (Lipinski definition) is 9. The van der Waals surface area contributed by atoms with Crippen molar-refractivity contribution in [2.75, 3.05) is 31.1 Å². The Balaban J connectivity index is 1.36. The summed E-state index contributed by atoms with van der Waals surface area (Å²) in [6, 6.07) is 12.5. The van der Waals surface area contributed by atoms with Crippen LogP contribution in [-0.4, -0.2) is 77.1 Å². The molecule has 0 saturated carbocycles. The van der Waals surface area contributed by atoms with Crippen LogP contribution in [0.25, 0.3) is 11.2 Å². The molecule has 1 atom stereocenters. The van der Waals surface area contributed by atoms with Crippen LogP contribution in [0.15, 0.2) is 78.2 Å². The molecule has 0 aliphatic carbocycles. The zero-order valence-electron chi connectivity index (χ0n) is 22.1. The molecule has 0 unspecified atom stereocenters. The Morgan fingerprint density at radius 1 is 1.02 bits per heavy atom. The SMILES string of the molecule is O=C(NCCCc1ccccc1)[C@H]1CN(c2cnc3cncnc3n2)CCN1S(=O)(=O)c1ccc(OC(F)(F)F)cc1. The second-order valence-corrected chi connectivity index (χ2v) is 11.3. The third kappa shape index (κ3) is 6.91. The van der Waals surface area contributed by atoms with Gasteiger partial charge in [-0.1, -0.05) is 30.3 Å². The van der Waals surface area contributed by atoms with Crippen LogP contribution in [0.1, 0.15) is 12.0 Å². The molecular formula is C27H26F3N7O4S. The van der Waals surface area contributed by atoms with Gasteiger partial charge in [-0.2, -0.15) is 4.31 Å². The highest BCUT2D eigenvalue weighted by molar-refractivity contribution is 7.89. The summed E-state index contributed by atoms with van der Waals surface area (Å²) in [7, 11) is -4.28. The van der Waals surface area contributed by atoms with Crippen molar-refractivity contribution in [2.45, 2.75) is 30.1 Å². The normalized spacial score (nSPS) is 16.4. The van der Waals surface area contributed by atoms with Gasteiger partial charge in [-0.25, -0.2) is 28.4 Å². The van der Waals surface area contributed by atoms with Crippen LogP contribution in [0, 0.1) is 0 Å². The van der Waals surface area contributed by atoms with E-state index in [0.29, 0.717) is 29.9 Å². The minimum Gasteiger partial charge on any atom is -0.406 e. The number of hydrogen-bond donors (Lipinski definition) is 1. The molecule has 42 heavy (non-hydrogen) atoms. The van der Waals surface area contributed by atoms with E-state index >= 15 is 0 Å². The van der Waals surface area contributed by atoms with E-state index in [1.54, 1.807) is 4.90 Å². The molecule has 2 aromatic heterocycles. The molecule has 1 saturated heterocycles. The number of nitrogens with one attached hydrogen (secondary N) is 1. The van der Waals surface area contributed by atoms with Crippen molar-refractivity contribution in [3.63, 3.8) is 0 Å². The molecule has 1 fully saturated rings. The van der Waals surface area contributed by atoms with Crippen molar-refractivity contribution >= 4 is 32.9 Å². The summed E-state index contributed by atoms with van der Waals surface area (Å²) in [5.41, 5.74) is 1.94. The molecule has 1 amide bonds. The van der Waals surface area contributed by atoms with E-state index < -0.39 is 34.1 Å². The summed E-state index contributed by atoms with van der Waals surface area (Å²) < 4.78 is 70.0. The molecule has 5 rings (SSSR count). The fraction of sp³-hybridized carbons (Fsp3) is 0.296. The van der Waals surface area contributed by atoms with E-state index in [9.17, 15) is 26.4 Å². The number of aromatic nitrogens is 4. The lowest BCUT2D eigenvalue weighted by atomic mass is 10.1. The van der Waals surface area contributed by atoms with Crippen molar-refractivity contribution in [2.24, 2.45) is 0 Å². The second kappa shape index (κ2) is 12.2. The third-order valence-electron chi connectivity index (χ3n) is 6.62. The smallest absolute Gasteiger partial charge is 0.406 e. The Bertz CT molecular complexity index is 1640. The van der Waals surface area contributed by atoms with Gasteiger partial charge in [0, 0.05) is 26.2 Å². The lowest BCUT2D eigenvalue weighted by Gasteiger charge is -2.40. The van der Waals surface area contributed by atoms with Gasteiger partial charge in [0.15, 0.2) is 5.65 Å². The zero-order chi connectivity index (χ0) is 29.7. The predicted molar refractivity (Wildman–Crippen MR) is 146 cm³/mol. The maximum absolute atomic E-state index is 13.7. The van der Waals surface area contributed by atoms with Gasteiger partial charge in [0.25, 0.3) is 0 Å². The number of rotatable bonds is 9. The predicted octanol–water partition coefficient (Wildman–Crippen LogP) is 2.95. The van der Waals surface area contributed by atoms with Gasteiger partial charge in [-0.05, 0) is 42.7 Å². The Morgan fingerprint density at radius 2 is 1.79 bits per heavy atom. The number of aryl methyl sites for hydroxylation is 1. The first-order chi connectivity index (χ1) is 20.1. The lowest BCUT2D eigenvalue weighted by Crippen LogP contribution is -2.60. The number of fused-ring (bicyclic) bond motifs is 1. The van der Waals surface area contributed by atoms with Gasteiger partial charge < -0.3 is 15.0 Å². The van der Waals surface area contributed by atoms with E-state index in [4.69, 9.17) is 0 Å². The molecule has 220 valence electrons. The molecule has 0 radical (unpaired) electrons. The largest absolute Gasteiger partial charge is 0.573 e. The van der Waals surface area contributed by atoms with Crippen molar-refractivity contribution < 1.29 is 31.1 Å². The molecule has 0 spiro atoms. The summed E-state index contributed by atoms with van der Waals surface area (Å²) in [6.07, 6.45) is 0.792. The molecule has 1 N–H and O–H groups in total. The highest BCUT2D eigenvalue weighted by Gasteiger charge is 2.41. The van der Waals surface area contributed by atoms with Crippen LogP contribution in [0.2, 0.25) is 0 Å². The molecule has 2 aromatic carbocycles. The first-order valence-electron chi connectivity index (χ1n) is 13.0. The van der Waals surface area contributed by atoms with E-state index in [1.807, 2.05) is 30.3 Å². The van der Waals surface area contributed by atoms with E-state index in [0.717, 1.165) is 40.6 Å². The number of piperazine rings is 1. The fourth-order valence-electron chi connectivity index (χ4n) is 4.60. The van der Waals surface area contributed by atoms with Crippen molar-refractivity contribution in [1.29, 1.82) is 0 Å². The third-order valence-corrected chi connectivity index (χ3v) is 8.54. The summed E-state index contributed by atoms with van der Waals surface area (Å²) >= 11 is 0. The van der Waals surface area contributed by atoms with Gasteiger partial charge in [0.1, 0.15) is 29.5 Å². The summed E-state index contributed by atoms with van der Waals surface area (Å²) in [5, 5.41) is 2.84. The van der Waals surface area contributed by atoms with Crippen molar-refractivity contribution in [3.8, 4) is 5.75 Å². The van der Waals surface area contributed by atoms with Crippen molar-refractivity contribution in [3.05, 3.63) is 78.9 Å². The first-order valence-corrected chi connectivity index (χ1v) is 14.4. The second-order valence-electron chi connectivity index (χ2n) is 9.44. The molecule has 11 nitrogen and oxygen atoms in total. The topological polar surface area (TPSA) is 131 Å². The molecule has 1 aliphatic heterocycles. The number of carbonyl (C=O) groups is 1. The number of carbonyl (C=O) groups excluding carboxylic acids is 1. The summed E-state index contributed by atoms with van der Waals surface area (Å²) in [6.45, 7) is 0.366. The minimum atomic E-state index is -4.92. The van der Waals surface area contributed by atoms with Crippen LogP contribution < -0.4 is 15.0 Å². The Labute approximate surface area is 239 Å². The van der Waals surface area contributed by atoms with Gasteiger partial charge >= 0.3 is 6.36 Å². The van der Waals surface area contributed by atoms with Gasteiger partial charge in [0.05, 0.1) is 17.3 Å². The van der Waals surface area contributed by atoms with Crippen LogP contribution in [-0.2, 0) is 21.2 Å². The van der Waals surface area contributed by atoms with E-state index in [1.165, 1.54) is 18.7 Å². The molecule has 4 aromatic rings. The average Bonchev–Trinajstić information content (AvgIpc) is 2.98. The fourth-order valence-corrected chi connectivity index (χ4v) is 6.17. The standard InChI is InChI=1S/C27H26F3N7O4S/c28-27(29,30)41-20-8-10-21(11-9-20)42(39,40)37-14-13-36(24-16-33-22-15-31-18-34-25(22)35-24)17-23(37)26(38)32-12-4-7-19-5-2-1-3-6-19/h1-3,5-6,8-11,15-16,18,23H,4,7,12-14,17H2,(H,32,38)/t23-/m1/s1. The zero-order valence-corrected chi connectivity index (χ0v) is 22.9. The molecule has 15 heteroatoms. The number of amides is 1. The molecule has 3 heterocycles. The number of sulfonamides is 1. The van der Waals surface area contributed by atoms with Gasteiger partial charge in [0.2, 0.25) is 15.9 Å². The number of anilines is 1. The molecular weight excluding hydrogens is 575 g/mol. The van der Waals surface area contributed by atoms with Crippen LogP contribution in [0.4, 0.5) is 19.0 Å². The van der Waals surface area contributed by atoms with Crippen LogP contribution in [0.3, 0.4) is 0 Å². The lowest BCUT2D eigenvalue weighted by molar-refractivity contribution is -0.274. The van der Waals surface area contributed by atoms with Gasteiger partial charge in [-0.15, -0.1) is 13.2 Å². The highest BCUT2D eigenvalue weighted by atomic mass is 32.2. The molecule has 0 bridgehead atoms. The number of alkyl halides is 3. The Hall–Kier alpha value is -4.37. The summed E-state index contributed by atoms with van der Waals surface area (Å²) in [5.74, 6) is -0.657. The maximum Gasteiger partial charge on any atom is 0.573 e. The maximum atomic E-state index is 13.7. The molecule has 1 aliphatic rings. The summed E-state index contributed by atoms with van der Waals surface area (Å²) in [4.78, 5) is 31.8. The Morgan fingerprint density at radius 3 is 2.52 bits per heavy atom. The van der Waals surface area contributed by atoms with Crippen LogP contribution >= 0.6 is 0 Å². The van der Waals surface area contributed by atoms with Crippen molar-refractivity contribution in [1.82, 2.24) is 29.6 Å². The van der Waals surface area contributed by atoms with E-state index in [2.05, 4.69) is 30.0 Å².